The average molecular weight is 327 g/mol. The molecule has 0 saturated carbocycles. The van der Waals surface area contributed by atoms with Crippen molar-refractivity contribution in [3.63, 3.8) is 0 Å². The summed E-state index contributed by atoms with van der Waals surface area (Å²) in [5.74, 6) is 0. The van der Waals surface area contributed by atoms with Gasteiger partial charge in [-0.15, -0.1) is 10.2 Å². The lowest BCUT2D eigenvalue weighted by atomic mass is 9.98. The van der Waals surface area contributed by atoms with E-state index in [1.807, 2.05) is 18.2 Å². The maximum Gasteiger partial charge on any atom is 0.108 e. The Balaban J connectivity index is 2.30. The van der Waals surface area contributed by atoms with Gasteiger partial charge in [-0.25, -0.2) is 0 Å². The summed E-state index contributed by atoms with van der Waals surface area (Å²) in [7, 11) is 0. The van der Waals surface area contributed by atoms with E-state index in [1.165, 1.54) is 16.7 Å². The van der Waals surface area contributed by atoms with Gasteiger partial charge in [0.25, 0.3) is 0 Å². The Hall–Kier alpha value is -1.74. The molecule has 3 rings (SSSR count). The number of aromatic nitrogens is 2. The van der Waals surface area contributed by atoms with Crippen molar-refractivity contribution in [1.82, 2.24) is 10.2 Å². The molecule has 2 nitrogen and oxygen atoms in total. The van der Waals surface area contributed by atoms with Crippen LogP contribution < -0.4 is 0 Å². The Kier molecular flexibility index (Phi) is 3.30. The third-order valence-corrected chi connectivity index (χ3v) is 4.50. The molecule has 100 valence electrons. The van der Waals surface area contributed by atoms with Gasteiger partial charge >= 0.3 is 0 Å². The van der Waals surface area contributed by atoms with Gasteiger partial charge in [0.1, 0.15) is 5.69 Å². The second kappa shape index (κ2) is 4.98. The molecular formula is C17H15BrN2. The van der Waals surface area contributed by atoms with E-state index in [0.717, 1.165) is 26.6 Å². The molecule has 3 aromatic rings. The highest BCUT2D eigenvalue weighted by atomic mass is 79.9. The maximum absolute atomic E-state index is 4.41. The van der Waals surface area contributed by atoms with E-state index < -0.39 is 0 Å². The van der Waals surface area contributed by atoms with Gasteiger partial charge in [-0.1, -0.05) is 24.3 Å². The van der Waals surface area contributed by atoms with Crippen LogP contribution in [0.4, 0.5) is 0 Å². The van der Waals surface area contributed by atoms with Crippen LogP contribution in [0.2, 0.25) is 0 Å². The lowest BCUT2D eigenvalue weighted by Gasteiger charge is -2.11. The fourth-order valence-electron chi connectivity index (χ4n) is 2.41. The Morgan fingerprint density at radius 3 is 2.35 bits per heavy atom. The zero-order valence-corrected chi connectivity index (χ0v) is 13.3. The molecule has 20 heavy (non-hydrogen) atoms. The number of aryl methyl sites for hydroxylation is 3. The van der Waals surface area contributed by atoms with Crippen LogP contribution in [0.3, 0.4) is 0 Å². The summed E-state index contributed by atoms with van der Waals surface area (Å²) in [5.41, 5.74) is 6.74. The third-order valence-electron chi connectivity index (χ3n) is 3.70. The first-order chi connectivity index (χ1) is 9.58. The molecule has 0 N–H and O–H groups in total. The topological polar surface area (TPSA) is 25.8 Å². The molecule has 0 amide bonds. The monoisotopic (exact) mass is 326 g/mol. The van der Waals surface area contributed by atoms with Gasteiger partial charge in [0, 0.05) is 10.9 Å². The first-order valence-corrected chi connectivity index (χ1v) is 7.36. The molecule has 0 aliphatic carbocycles. The molecule has 0 radical (unpaired) electrons. The van der Waals surface area contributed by atoms with Crippen LogP contribution in [0.15, 0.2) is 40.9 Å². The van der Waals surface area contributed by atoms with E-state index in [2.05, 4.69) is 65.1 Å². The second-order valence-electron chi connectivity index (χ2n) is 5.13. The number of benzene rings is 2. The van der Waals surface area contributed by atoms with Gasteiger partial charge in [-0.3, -0.25) is 0 Å². The van der Waals surface area contributed by atoms with E-state index >= 15 is 0 Å². The minimum Gasteiger partial charge on any atom is -0.150 e. The van der Waals surface area contributed by atoms with Gasteiger partial charge in [0.15, 0.2) is 0 Å². The molecule has 0 atom stereocenters. The summed E-state index contributed by atoms with van der Waals surface area (Å²) < 4.78 is 1.01. The highest BCUT2D eigenvalue weighted by Gasteiger charge is 2.13. The summed E-state index contributed by atoms with van der Waals surface area (Å²) in [5, 5.41) is 9.84. The highest BCUT2D eigenvalue weighted by Crippen LogP contribution is 2.34. The highest BCUT2D eigenvalue weighted by molar-refractivity contribution is 9.10. The van der Waals surface area contributed by atoms with Crippen LogP contribution in [-0.2, 0) is 0 Å². The Morgan fingerprint density at radius 1 is 0.850 bits per heavy atom. The fourth-order valence-corrected chi connectivity index (χ4v) is 3.04. The summed E-state index contributed by atoms with van der Waals surface area (Å²) >= 11 is 3.69. The minimum absolute atomic E-state index is 0.907. The van der Waals surface area contributed by atoms with E-state index in [9.17, 15) is 0 Å². The number of rotatable bonds is 1. The number of fused-ring (bicyclic) bond motifs is 1. The molecule has 0 fully saturated rings. The minimum atomic E-state index is 0.907. The van der Waals surface area contributed by atoms with Gasteiger partial charge in [-0.2, -0.15) is 0 Å². The predicted molar refractivity (Wildman–Crippen MR) is 86.9 cm³/mol. The van der Waals surface area contributed by atoms with E-state index in [4.69, 9.17) is 0 Å². The zero-order chi connectivity index (χ0) is 14.3. The predicted octanol–water partition coefficient (Wildman–Crippen LogP) is 4.98. The smallest absolute Gasteiger partial charge is 0.108 e. The Labute approximate surface area is 127 Å². The molecule has 2 aromatic carbocycles. The normalized spacial score (nSPS) is 11.0. The fraction of sp³-hybridized carbons (Fsp3) is 0.176. The Bertz CT molecular complexity index is 809. The van der Waals surface area contributed by atoms with Crippen LogP contribution in [0, 0.1) is 20.8 Å². The Morgan fingerprint density at radius 2 is 1.55 bits per heavy atom. The average Bonchev–Trinajstić information content (AvgIpc) is 2.44. The number of halogens is 1. The first kappa shape index (κ1) is 13.3. The maximum atomic E-state index is 4.41. The summed E-state index contributed by atoms with van der Waals surface area (Å²) in [4.78, 5) is 0. The summed E-state index contributed by atoms with van der Waals surface area (Å²) in [6.07, 6.45) is 0. The zero-order valence-electron chi connectivity index (χ0n) is 11.7. The van der Waals surface area contributed by atoms with E-state index in [-0.39, 0.29) is 0 Å². The van der Waals surface area contributed by atoms with E-state index in [1.54, 1.807) is 0 Å². The van der Waals surface area contributed by atoms with Gasteiger partial charge < -0.3 is 0 Å². The van der Waals surface area contributed by atoms with Gasteiger partial charge in [0.05, 0.1) is 9.99 Å². The van der Waals surface area contributed by atoms with Gasteiger partial charge in [0.2, 0.25) is 0 Å². The molecule has 0 aliphatic rings. The molecule has 0 unspecified atom stereocenters. The van der Waals surface area contributed by atoms with Crippen LogP contribution in [0.5, 0.6) is 0 Å². The van der Waals surface area contributed by atoms with Crippen LogP contribution in [0.25, 0.3) is 22.2 Å². The molecule has 1 heterocycles. The van der Waals surface area contributed by atoms with Crippen molar-refractivity contribution < 1.29 is 0 Å². The quantitative estimate of drug-likeness (QED) is 0.630. The standard InChI is InChI=1S/C17H15BrN2/c1-10-8-12(3)14(9-11(10)2)17-16(18)13-6-4-5-7-15(13)19-20-17/h4-9H,1-3H3. The molecule has 0 aliphatic heterocycles. The second-order valence-corrected chi connectivity index (χ2v) is 5.92. The molecule has 0 bridgehead atoms. The van der Waals surface area contributed by atoms with E-state index in [0.29, 0.717) is 0 Å². The van der Waals surface area contributed by atoms with Crippen molar-refractivity contribution in [2.45, 2.75) is 20.8 Å². The van der Waals surface area contributed by atoms with Crippen molar-refractivity contribution in [2.75, 3.05) is 0 Å². The third kappa shape index (κ3) is 2.12. The molecular weight excluding hydrogens is 312 g/mol. The molecule has 0 spiro atoms. The van der Waals surface area contributed by atoms with Crippen molar-refractivity contribution in [2.24, 2.45) is 0 Å². The summed E-state index contributed by atoms with van der Waals surface area (Å²) in [6, 6.07) is 12.4. The largest absolute Gasteiger partial charge is 0.150 e. The molecule has 0 saturated heterocycles. The van der Waals surface area contributed by atoms with Crippen molar-refractivity contribution in [1.29, 1.82) is 0 Å². The number of hydrogen-bond acceptors (Lipinski definition) is 2. The number of hydrogen-bond donors (Lipinski definition) is 0. The lowest BCUT2D eigenvalue weighted by molar-refractivity contribution is 1.07. The van der Waals surface area contributed by atoms with Crippen LogP contribution in [0.1, 0.15) is 16.7 Å². The van der Waals surface area contributed by atoms with Crippen molar-refractivity contribution in [3.8, 4) is 11.3 Å². The van der Waals surface area contributed by atoms with Gasteiger partial charge in [-0.05, 0) is 65.5 Å². The van der Waals surface area contributed by atoms with Crippen molar-refractivity contribution >= 4 is 26.8 Å². The van der Waals surface area contributed by atoms with Crippen LogP contribution in [-0.4, -0.2) is 10.2 Å². The molecule has 1 aromatic heterocycles. The lowest BCUT2D eigenvalue weighted by Crippen LogP contribution is -1.95. The number of nitrogens with zero attached hydrogens (tertiary/aromatic N) is 2. The SMILES string of the molecule is Cc1cc(C)c(-c2nnc3ccccc3c2Br)cc1C. The molecule has 3 heteroatoms. The summed E-state index contributed by atoms with van der Waals surface area (Å²) in [6.45, 7) is 6.37. The first-order valence-electron chi connectivity index (χ1n) is 6.57. The van der Waals surface area contributed by atoms with Crippen molar-refractivity contribution in [3.05, 3.63) is 57.6 Å². The van der Waals surface area contributed by atoms with Crippen LogP contribution >= 0.6 is 15.9 Å².